The van der Waals surface area contributed by atoms with Crippen molar-refractivity contribution in [1.29, 1.82) is 0 Å². The molecule has 0 saturated heterocycles. The molecule has 2 aromatic rings. The van der Waals surface area contributed by atoms with Gasteiger partial charge in [-0.2, -0.15) is 0 Å². The van der Waals surface area contributed by atoms with Crippen LogP contribution in [0.2, 0.25) is 0 Å². The van der Waals surface area contributed by atoms with Crippen LogP contribution in [-0.4, -0.2) is 4.70 Å². The van der Waals surface area contributed by atoms with Crippen LogP contribution in [0.25, 0.3) is 16.9 Å². The van der Waals surface area contributed by atoms with E-state index in [0.717, 1.165) is 56.3 Å². The smallest absolute Gasteiger partial charge is 0.211 e. The van der Waals surface area contributed by atoms with Crippen molar-refractivity contribution in [3.05, 3.63) is 86.5 Å². The van der Waals surface area contributed by atoms with Gasteiger partial charge in [0.15, 0.2) is 0 Å². The predicted molar refractivity (Wildman–Crippen MR) is 373 cm³/mol. The molecule has 0 saturated carbocycles. The van der Waals surface area contributed by atoms with Crippen molar-refractivity contribution < 1.29 is 4.70 Å². The molecule has 0 bridgehead atoms. The molecule has 1 heterocycles. The molecule has 0 fully saturated rings. The zero-order valence-electron chi connectivity index (χ0n) is 57.1. The lowest BCUT2D eigenvalue weighted by molar-refractivity contribution is -0.345. The van der Waals surface area contributed by atoms with Crippen molar-refractivity contribution in [3.8, 4) is 0 Å². The first-order valence-corrected chi connectivity index (χ1v) is 38.2. The largest absolute Gasteiger partial charge is 0.493 e. The average molecular weight is 1140 g/mol. The maximum Gasteiger partial charge on any atom is 0.211 e. The second-order valence-electron chi connectivity index (χ2n) is 27.2. The molecule has 0 unspecified atom stereocenters. The molecule has 0 N–H and O–H groups in total. The number of hydrogen-bond donors (Lipinski definition) is 0. The van der Waals surface area contributed by atoms with Crippen molar-refractivity contribution >= 4 is 11.4 Å². The normalized spacial score (nSPS) is 12.8. The van der Waals surface area contributed by atoms with Gasteiger partial charge in [0.2, 0.25) is 11.4 Å². The molecule has 1 aliphatic heterocycles. The van der Waals surface area contributed by atoms with Gasteiger partial charge in [-0.1, -0.05) is 355 Å². The average Bonchev–Trinajstić information content (AvgIpc) is 3.86. The van der Waals surface area contributed by atoms with Gasteiger partial charge in [-0.25, -0.2) is 4.70 Å². The number of rotatable bonds is 61. The van der Waals surface area contributed by atoms with Crippen LogP contribution in [0.4, 0.5) is 0 Å². The summed E-state index contributed by atoms with van der Waals surface area (Å²) in [7, 11) is 0. The Morgan fingerprint density at radius 1 is 0.205 bits per heavy atom. The quantitative estimate of drug-likeness (QED) is 0.0466. The second kappa shape index (κ2) is 53.7. The Balaban J connectivity index is 1.62. The lowest BCUT2D eigenvalue weighted by atomic mass is 9.89. The van der Waals surface area contributed by atoms with Crippen LogP contribution in [0.15, 0.2) is 47.5 Å². The minimum Gasteiger partial charge on any atom is -0.493 e. The molecular weight excluding hydrogens is 1000 g/mol. The highest BCUT2D eigenvalue weighted by Crippen LogP contribution is 2.45. The topological polar surface area (TPSA) is 25.3 Å². The van der Waals surface area contributed by atoms with Gasteiger partial charge in [0.25, 0.3) is 0 Å². The fraction of sp³-hybridized carbons (Fsp3) is 0.802. The van der Waals surface area contributed by atoms with E-state index in [0.29, 0.717) is 0 Å². The Morgan fingerprint density at radius 3 is 0.602 bits per heavy atom. The molecule has 1 aliphatic rings. The Morgan fingerprint density at radius 2 is 0.373 bits per heavy atom. The zero-order chi connectivity index (χ0) is 59.3. The first-order chi connectivity index (χ1) is 41.0. The van der Waals surface area contributed by atoms with Gasteiger partial charge in [0.05, 0.1) is 0 Å². The summed E-state index contributed by atoms with van der Waals surface area (Å²) in [5.41, 5.74) is 26.4. The monoisotopic (exact) mass is 1140 g/mol. The van der Waals surface area contributed by atoms with Crippen molar-refractivity contribution in [1.82, 2.24) is 0 Å². The molecule has 0 radical (unpaired) electrons. The fourth-order valence-corrected chi connectivity index (χ4v) is 13.7. The first kappa shape index (κ1) is 74.8. The summed E-state index contributed by atoms with van der Waals surface area (Å²) in [6.07, 6.45) is 80.0. The SMILES string of the molecule is CCCCCCCCCCCCCCCCCCCCCCCc1cc(CCCCCCCCCCCCCCCCCCCCCCC)cc(C2=C(CCCC)C(CCCCC)=C(c3cc(CCCCC)cc(CCCCC)c3)[N+]2=[N-])c1. The number of hydrogen-bond acceptors (Lipinski definition) is 0. The summed E-state index contributed by atoms with van der Waals surface area (Å²) in [6.45, 7) is 13.9. The maximum absolute atomic E-state index is 13.0. The van der Waals surface area contributed by atoms with Crippen LogP contribution < -0.4 is 0 Å². The minimum absolute atomic E-state index is 1.03. The Hall–Kier alpha value is -2.48. The molecule has 2 heteroatoms. The van der Waals surface area contributed by atoms with E-state index in [1.54, 1.807) is 4.70 Å². The summed E-state index contributed by atoms with van der Waals surface area (Å²) < 4.78 is 1.73. The first-order valence-electron chi connectivity index (χ1n) is 38.2. The van der Waals surface area contributed by atoms with E-state index in [-0.39, 0.29) is 0 Å². The third-order valence-corrected chi connectivity index (χ3v) is 19.1. The van der Waals surface area contributed by atoms with Crippen molar-refractivity contribution in [2.75, 3.05) is 0 Å². The number of allylic oxidation sites excluding steroid dienone is 2. The van der Waals surface area contributed by atoms with Crippen LogP contribution >= 0.6 is 0 Å². The Bertz CT molecular complexity index is 1800. The molecule has 83 heavy (non-hydrogen) atoms. The van der Waals surface area contributed by atoms with Gasteiger partial charge in [-0.3, -0.25) is 0 Å². The Kier molecular flexibility index (Phi) is 48.4. The number of unbranched alkanes of at least 4 members (excludes halogenated alkanes) is 47. The molecule has 0 atom stereocenters. The highest BCUT2D eigenvalue weighted by atomic mass is 15.2. The summed E-state index contributed by atoms with van der Waals surface area (Å²) in [6, 6.07) is 15.1. The van der Waals surface area contributed by atoms with Crippen molar-refractivity contribution in [3.63, 3.8) is 0 Å². The van der Waals surface area contributed by atoms with E-state index in [2.05, 4.69) is 77.9 Å². The summed E-state index contributed by atoms with van der Waals surface area (Å²) in [4.78, 5) is 0. The third-order valence-electron chi connectivity index (χ3n) is 19.1. The van der Waals surface area contributed by atoms with Crippen LogP contribution in [0.3, 0.4) is 0 Å². The lowest BCUT2D eigenvalue weighted by Crippen LogP contribution is -2.05. The summed E-state index contributed by atoms with van der Waals surface area (Å²) in [5.74, 6) is 0. The van der Waals surface area contributed by atoms with Gasteiger partial charge in [-0.05, 0) is 124 Å². The molecule has 2 nitrogen and oxygen atoms in total. The number of nitrogens with zero attached hydrogens (tertiary/aromatic N) is 2. The van der Waals surface area contributed by atoms with E-state index >= 15 is 0 Å². The van der Waals surface area contributed by atoms with Gasteiger partial charge in [0.1, 0.15) is 0 Å². The predicted octanol–water partition coefficient (Wildman–Crippen LogP) is 28.6. The summed E-state index contributed by atoms with van der Waals surface area (Å²) in [5, 5.41) is 0. The van der Waals surface area contributed by atoms with E-state index in [1.807, 2.05) is 0 Å². The fourth-order valence-electron chi connectivity index (χ4n) is 13.7. The van der Waals surface area contributed by atoms with E-state index < -0.39 is 0 Å². The molecule has 476 valence electrons. The van der Waals surface area contributed by atoms with Crippen LogP contribution in [0, 0.1) is 0 Å². The minimum atomic E-state index is 1.03. The molecule has 0 aromatic heterocycles. The summed E-state index contributed by atoms with van der Waals surface area (Å²) >= 11 is 0. The van der Waals surface area contributed by atoms with Gasteiger partial charge >= 0.3 is 0 Å². The van der Waals surface area contributed by atoms with Crippen LogP contribution in [0.1, 0.15) is 428 Å². The molecule has 0 aliphatic carbocycles. The van der Waals surface area contributed by atoms with Crippen LogP contribution in [-0.2, 0) is 25.7 Å². The molecule has 0 amide bonds. The van der Waals surface area contributed by atoms with Gasteiger partial charge in [-0.15, -0.1) is 0 Å². The Labute approximate surface area is 520 Å². The van der Waals surface area contributed by atoms with Crippen LogP contribution in [0.5, 0.6) is 0 Å². The molecular formula is C81H142N2. The molecule has 0 spiro atoms. The van der Waals surface area contributed by atoms with E-state index in [1.165, 1.54) is 378 Å². The number of aryl methyl sites for hydroxylation is 4. The molecule has 3 rings (SSSR count). The third kappa shape index (κ3) is 36.4. The van der Waals surface area contributed by atoms with Crippen molar-refractivity contribution in [2.45, 2.75) is 420 Å². The number of benzene rings is 2. The lowest BCUT2D eigenvalue weighted by Gasteiger charge is -2.15. The van der Waals surface area contributed by atoms with Gasteiger partial charge in [0, 0.05) is 22.3 Å². The van der Waals surface area contributed by atoms with E-state index in [9.17, 15) is 5.53 Å². The maximum atomic E-state index is 13.0. The molecule has 2 aromatic carbocycles. The van der Waals surface area contributed by atoms with E-state index in [4.69, 9.17) is 0 Å². The van der Waals surface area contributed by atoms with Gasteiger partial charge < -0.3 is 5.53 Å². The second-order valence-corrected chi connectivity index (χ2v) is 27.2. The zero-order valence-corrected chi connectivity index (χ0v) is 57.1. The highest BCUT2D eigenvalue weighted by molar-refractivity contribution is 5.82. The standard InChI is InChI=1S/C81H142N2/c1-7-13-19-21-23-25-27-29-31-33-35-37-39-41-43-45-47-49-51-53-58-62-74-67-75(63-59-54-52-50-48-46-44-42-40-38-36-34-32-30-28-26-24-22-20-14-8-2)71-76(70-74)80-78(64-18-12-6)79(65-57-17-11-5)81(83(80)82)77-68-72(60-55-15-9-3)66-73(69-77)61-56-16-10-4/h66-71H,7-65H2,1-6H3. The highest BCUT2D eigenvalue weighted by Gasteiger charge is 2.36. The van der Waals surface area contributed by atoms with Crippen molar-refractivity contribution in [2.24, 2.45) is 0 Å².